The maximum Gasteiger partial charge on any atom is 0.251 e. The number of ether oxygens (including phenoxy) is 1. The Kier molecular flexibility index (Phi) is 7.55. The molecule has 2 amide bonds. The van der Waals surface area contributed by atoms with Gasteiger partial charge in [-0.15, -0.1) is 0 Å². The van der Waals surface area contributed by atoms with Gasteiger partial charge in [-0.25, -0.2) is 8.78 Å². The van der Waals surface area contributed by atoms with Gasteiger partial charge in [-0.05, 0) is 24.3 Å². The van der Waals surface area contributed by atoms with Crippen LogP contribution in [0.3, 0.4) is 0 Å². The van der Waals surface area contributed by atoms with Gasteiger partial charge < -0.3 is 15.8 Å². The molecular weight excluding hydrogens is 367 g/mol. The van der Waals surface area contributed by atoms with Crippen molar-refractivity contribution in [1.82, 2.24) is 10.2 Å². The first-order valence-corrected chi connectivity index (χ1v) is 8.78. The van der Waals surface area contributed by atoms with E-state index < -0.39 is 29.6 Å². The van der Waals surface area contributed by atoms with Gasteiger partial charge in [-0.3, -0.25) is 14.5 Å². The van der Waals surface area contributed by atoms with Gasteiger partial charge in [0.1, 0.15) is 6.04 Å². The van der Waals surface area contributed by atoms with Crippen LogP contribution < -0.4 is 11.1 Å². The lowest BCUT2D eigenvalue weighted by molar-refractivity contribution is -0.122. The van der Waals surface area contributed by atoms with Gasteiger partial charge in [-0.2, -0.15) is 0 Å². The van der Waals surface area contributed by atoms with Gasteiger partial charge in [0.15, 0.2) is 0 Å². The summed E-state index contributed by atoms with van der Waals surface area (Å²) in [5, 5.41) is -0.0983. The zero-order valence-electron chi connectivity index (χ0n) is 15.6. The van der Waals surface area contributed by atoms with E-state index >= 15 is 0 Å². The fourth-order valence-corrected chi connectivity index (χ4v) is 2.59. The maximum atomic E-state index is 13.1. The third-order valence-electron chi connectivity index (χ3n) is 4.44. The molecule has 1 heterocycles. The summed E-state index contributed by atoms with van der Waals surface area (Å²) in [6.45, 7) is 4.66. The highest BCUT2D eigenvalue weighted by Crippen LogP contribution is 2.33. The van der Waals surface area contributed by atoms with Gasteiger partial charge in [0.25, 0.3) is 5.91 Å². The standard InChI is InChI=1S/C19H22BF2N3O3/c1-19(20,18(21)22)15(16(23)26)24-17(27)14-6-4-13(5-7-14)3-2-8-25-9-11-28-12-10-25/h4-7,15,18H,8-12H2,1H3,(H2,23,26)(H,24,27). The third kappa shape index (κ3) is 5.78. The number of rotatable bonds is 6. The largest absolute Gasteiger partial charge is 0.379 e. The van der Waals surface area contributed by atoms with Crippen molar-refractivity contribution in [3.63, 3.8) is 0 Å². The number of primary amides is 1. The van der Waals surface area contributed by atoms with Crippen molar-refractivity contribution in [3.05, 3.63) is 35.4 Å². The zero-order chi connectivity index (χ0) is 20.7. The van der Waals surface area contributed by atoms with E-state index in [0.717, 1.165) is 20.0 Å². The Morgan fingerprint density at radius 3 is 2.46 bits per heavy atom. The SMILES string of the molecule is [B]C(C)(C(F)F)C(NC(=O)c1ccc(C#CCN2CCOCC2)cc1)C(N)=O. The van der Waals surface area contributed by atoms with Crippen LogP contribution in [0.1, 0.15) is 22.8 Å². The molecule has 0 aromatic heterocycles. The molecule has 0 saturated carbocycles. The summed E-state index contributed by atoms with van der Waals surface area (Å²) in [4.78, 5) is 25.9. The molecular formula is C19H22BF2N3O3. The number of morpholine rings is 1. The lowest BCUT2D eigenvalue weighted by Gasteiger charge is -2.32. The Hall–Kier alpha value is -2.44. The lowest BCUT2D eigenvalue weighted by atomic mass is 9.65. The minimum Gasteiger partial charge on any atom is -0.379 e. The van der Waals surface area contributed by atoms with Crippen molar-refractivity contribution in [3.8, 4) is 11.8 Å². The van der Waals surface area contributed by atoms with E-state index in [2.05, 4.69) is 22.1 Å². The van der Waals surface area contributed by atoms with E-state index in [0.29, 0.717) is 25.3 Å². The predicted octanol–water partition coefficient (Wildman–Crippen LogP) is 0.566. The van der Waals surface area contributed by atoms with Crippen molar-refractivity contribution in [2.45, 2.75) is 24.7 Å². The topological polar surface area (TPSA) is 84.7 Å². The van der Waals surface area contributed by atoms with Crippen molar-refractivity contribution in [2.75, 3.05) is 32.8 Å². The quantitative estimate of drug-likeness (QED) is 0.550. The number of nitrogens with two attached hydrogens (primary N) is 1. The molecule has 1 saturated heterocycles. The van der Waals surface area contributed by atoms with Crippen LogP contribution in [-0.2, 0) is 9.53 Å². The second kappa shape index (κ2) is 9.67. The van der Waals surface area contributed by atoms with Gasteiger partial charge in [0.2, 0.25) is 12.3 Å². The first kappa shape index (κ1) is 21.9. The van der Waals surface area contributed by atoms with Gasteiger partial charge >= 0.3 is 0 Å². The lowest BCUT2D eigenvalue weighted by Crippen LogP contribution is -2.53. The van der Waals surface area contributed by atoms with E-state index in [9.17, 15) is 18.4 Å². The first-order valence-electron chi connectivity index (χ1n) is 8.78. The summed E-state index contributed by atoms with van der Waals surface area (Å²) in [6.07, 6.45) is -3.05. The molecule has 2 rings (SSSR count). The van der Waals surface area contributed by atoms with Crippen LogP contribution in [0, 0.1) is 11.8 Å². The molecule has 0 bridgehead atoms. The number of carbonyl (C=O) groups excluding carboxylic acids is 2. The molecule has 1 aromatic carbocycles. The van der Waals surface area contributed by atoms with Crippen molar-refractivity contribution in [2.24, 2.45) is 5.73 Å². The van der Waals surface area contributed by atoms with Crippen LogP contribution in [0.15, 0.2) is 24.3 Å². The van der Waals surface area contributed by atoms with Crippen molar-refractivity contribution < 1.29 is 23.1 Å². The van der Waals surface area contributed by atoms with Crippen molar-refractivity contribution >= 4 is 19.7 Å². The molecule has 6 nitrogen and oxygen atoms in total. The fourth-order valence-electron chi connectivity index (χ4n) is 2.59. The summed E-state index contributed by atoms with van der Waals surface area (Å²) in [6, 6.07) is 4.53. The number of alkyl halides is 2. The number of amides is 2. The fraction of sp³-hybridized carbons (Fsp3) is 0.474. The molecule has 2 atom stereocenters. The maximum absolute atomic E-state index is 13.1. The third-order valence-corrected chi connectivity index (χ3v) is 4.44. The Balaban J connectivity index is 2.00. The Bertz CT molecular complexity index is 754. The molecule has 1 fully saturated rings. The number of halogens is 2. The van der Waals surface area contributed by atoms with Crippen LogP contribution in [-0.4, -0.2) is 69.9 Å². The van der Waals surface area contributed by atoms with E-state index in [1.807, 2.05) is 0 Å². The zero-order valence-corrected chi connectivity index (χ0v) is 15.6. The smallest absolute Gasteiger partial charge is 0.251 e. The minimum atomic E-state index is -3.05. The summed E-state index contributed by atoms with van der Waals surface area (Å²) in [7, 11) is 5.48. The van der Waals surface area contributed by atoms with Crippen LogP contribution in [0.2, 0.25) is 5.31 Å². The molecule has 28 heavy (non-hydrogen) atoms. The van der Waals surface area contributed by atoms with Gasteiger partial charge in [-0.1, -0.05) is 18.8 Å². The number of carbonyl (C=O) groups is 2. The monoisotopic (exact) mass is 389 g/mol. The summed E-state index contributed by atoms with van der Waals surface area (Å²) in [5.74, 6) is 4.19. The van der Waals surface area contributed by atoms with Crippen molar-refractivity contribution in [1.29, 1.82) is 0 Å². The van der Waals surface area contributed by atoms with Crippen LogP contribution >= 0.6 is 0 Å². The second-order valence-electron chi connectivity index (χ2n) is 6.74. The summed E-state index contributed by atoms with van der Waals surface area (Å²) >= 11 is 0. The molecule has 1 aliphatic heterocycles. The molecule has 0 aliphatic carbocycles. The molecule has 148 valence electrons. The van der Waals surface area contributed by atoms with E-state index in [-0.39, 0.29) is 5.56 Å². The van der Waals surface area contributed by atoms with E-state index in [1.54, 1.807) is 12.1 Å². The molecule has 0 spiro atoms. The number of hydrogen-bond donors (Lipinski definition) is 2. The number of nitrogens with one attached hydrogen (secondary N) is 1. The van der Waals surface area contributed by atoms with Crippen LogP contribution in [0.25, 0.3) is 0 Å². The minimum absolute atomic E-state index is 0.176. The van der Waals surface area contributed by atoms with Gasteiger partial charge in [0, 0.05) is 29.5 Å². The average molecular weight is 389 g/mol. The summed E-state index contributed by atoms with van der Waals surface area (Å²) < 4.78 is 31.4. The van der Waals surface area contributed by atoms with E-state index in [4.69, 9.17) is 18.3 Å². The average Bonchev–Trinajstić information content (AvgIpc) is 2.66. The molecule has 2 unspecified atom stereocenters. The predicted molar refractivity (Wildman–Crippen MR) is 101 cm³/mol. The highest BCUT2D eigenvalue weighted by Gasteiger charge is 2.42. The van der Waals surface area contributed by atoms with Gasteiger partial charge in [0.05, 0.1) is 27.6 Å². The van der Waals surface area contributed by atoms with Crippen LogP contribution in [0.4, 0.5) is 8.78 Å². The molecule has 9 heteroatoms. The number of hydrogen-bond acceptors (Lipinski definition) is 4. The molecule has 1 aromatic rings. The Labute approximate surface area is 164 Å². The number of nitrogens with zero attached hydrogens (tertiary/aromatic N) is 1. The normalized spacial score (nSPS) is 17.9. The number of benzene rings is 1. The first-order chi connectivity index (χ1) is 13.2. The molecule has 1 aliphatic rings. The highest BCUT2D eigenvalue weighted by molar-refractivity contribution is 6.18. The Morgan fingerprint density at radius 2 is 1.93 bits per heavy atom. The van der Waals surface area contributed by atoms with Crippen LogP contribution in [0.5, 0.6) is 0 Å². The highest BCUT2D eigenvalue weighted by atomic mass is 19.3. The molecule has 2 radical (unpaired) electrons. The molecule has 3 N–H and O–H groups in total. The second-order valence-corrected chi connectivity index (χ2v) is 6.74. The van der Waals surface area contributed by atoms with E-state index in [1.165, 1.54) is 12.1 Å². The Morgan fingerprint density at radius 1 is 1.32 bits per heavy atom. The summed E-state index contributed by atoms with van der Waals surface area (Å²) in [5.41, 5.74) is 6.01.